The van der Waals surface area contributed by atoms with Gasteiger partial charge in [-0.1, -0.05) is 24.3 Å². The van der Waals surface area contributed by atoms with Gasteiger partial charge in [0, 0.05) is 0 Å². The summed E-state index contributed by atoms with van der Waals surface area (Å²) in [6.07, 6.45) is 1.46. The zero-order valence-corrected chi connectivity index (χ0v) is 12.1. The highest BCUT2D eigenvalue weighted by Gasteiger charge is 2.14. The van der Waals surface area contributed by atoms with Gasteiger partial charge in [-0.25, -0.2) is 9.78 Å². The Morgan fingerprint density at radius 2 is 2.00 bits per heavy atom. The van der Waals surface area contributed by atoms with Crippen LogP contribution in [0.25, 0.3) is 17.2 Å². The number of phenolic OH excluding ortho intramolecular Hbond substituents is 1. The van der Waals surface area contributed by atoms with E-state index in [0.717, 1.165) is 11.8 Å². The minimum atomic E-state index is -1.09. The van der Waals surface area contributed by atoms with Crippen molar-refractivity contribution in [2.45, 2.75) is 5.22 Å². The number of thioether (sulfide) groups is 1. The lowest BCUT2D eigenvalue weighted by molar-refractivity contribution is -0.131. The van der Waals surface area contributed by atoms with Crippen molar-refractivity contribution in [3.63, 3.8) is 0 Å². The lowest BCUT2D eigenvalue weighted by Gasteiger charge is -2.00. The molecule has 3 rings (SSSR count). The van der Waals surface area contributed by atoms with Gasteiger partial charge in [0.2, 0.25) is 0 Å². The van der Waals surface area contributed by atoms with Gasteiger partial charge < -0.3 is 14.6 Å². The maximum Gasteiger partial charge on any atom is 0.342 e. The van der Waals surface area contributed by atoms with Crippen LogP contribution in [0.15, 0.2) is 63.1 Å². The summed E-state index contributed by atoms with van der Waals surface area (Å²) in [5, 5.41) is 19.0. The van der Waals surface area contributed by atoms with E-state index in [-0.39, 0.29) is 15.9 Å². The van der Waals surface area contributed by atoms with E-state index in [1.165, 1.54) is 18.2 Å². The Kier molecular flexibility index (Phi) is 3.84. The van der Waals surface area contributed by atoms with Crippen molar-refractivity contribution in [1.29, 1.82) is 0 Å². The Bertz CT molecular complexity index is 836. The second kappa shape index (κ2) is 5.95. The molecule has 6 heteroatoms. The molecule has 0 unspecified atom stereocenters. The smallest absolute Gasteiger partial charge is 0.342 e. The molecule has 0 radical (unpaired) electrons. The highest BCUT2D eigenvalue weighted by atomic mass is 32.2. The molecule has 0 bridgehead atoms. The fourth-order valence-electron chi connectivity index (χ4n) is 1.89. The van der Waals surface area contributed by atoms with Crippen molar-refractivity contribution in [2.24, 2.45) is 0 Å². The van der Waals surface area contributed by atoms with Crippen LogP contribution in [0.3, 0.4) is 0 Å². The summed E-state index contributed by atoms with van der Waals surface area (Å²) in [5.74, 6) is -1.01. The molecule has 0 saturated heterocycles. The third-order valence-corrected chi connectivity index (χ3v) is 3.71. The van der Waals surface area contributed by atoms with Crippen LogP contribution in [0.5, 0.6) is 5.75 Å². The van der Waals surface area contributed by atoms with Gasteiger partial charge in [-0.15, -0.1) is 0 Å². The van der Waals surface area contributed by atoms with Crippen LogP contribution in [0.2, 0.25) is 0 Å². The first kappa shape index (κ1) is 14.2. The van der Waals surface area contributed by atoms with E-state index in [1.54, 1.807) is 24.3 Å². The van der Waals surface area contributed by atoms with Gasteiger partial charge in [-0.3, -0.25) is 0 Å². The molecule has 0 aliphatic carbocycles. The fourth-order valence-corrected chi connectivity index (χ4v) is 2.64. The summed E-state index contributed by atoms with van der Waals surface area (Å²) in [6.45, 7) is 0. The highest BCUT2D eigenvalue weighted by molar-refractivity contribution is 8.03. The molecule has 1 aromatic heterocycles. The number of oxazole rings is 1. The molecule has 1 heterocycles. The number of hydrogen-bond acceptors (Lipinski definition) is 5. The summed E-state index contributed by atoms with van der Waals surface area (Å²) in [5.41, 5.74) is 1.86. The average Bonchev–Trinajstić information content (AvgIpc) is 2.89. The topological polar surface area (TPSA) is 83.6 Å². The summed E-state index contributed by atoms with van der Waals surface area (Å²) in [4.78, 5) is 15.7. The fraction of sp³-hybridized carbons (Fsp3) is 0. The van der Waals surface area contributed by atoms with Gasteiger partial charge in [0.15, 0.2) is 5.58 Å². The molecule has 0 amide bonds. The molecule has 3 aromatic rings. The molecule has 5 nitrogen and oxygen atoms in total. The molecule has 2 N–H and O–H groups in total. The molecule has 0 aliphatic rings. The average molecular weight is 313 g/mol. The minimum Gasteiger partial charge on any atom is -0.508 e. The lowest BCUT2D eigenvalue weighted by Crippen LogP contribution is -1.96. The van der Waals surface area contributed by atoms with Gasteiger partial charge in [0.25, 0.3) is 5.22 Å². The maximum absolute atomic E-state index is 11.4. The molecular weight excluding hydrogens is 302 g/mol. The van der Waals surface area contributed by atoms with Crippen molar-refractivity contribution >= 4 is 34.9 Å². The third-order valence-electron chi connectivity index (χ3n) is 2.85. The number of aromatic hydroxyl groups is 1. The SMILES string of the molecule is O=C(O)/C(=C\c1cccc(O)c1)Sc1nc2ccccc2o1. The zero-order valence-electron chi connectivity index (χ0n) is 11.3. The molecule has 2 aromatic carbocycles. The van der Waals surface area contributed by atoms with E-state index in [0.29, 0.717) is 16.7 Å². The number of carboxylic acids is 1. The van der Waals surface area contributed by atoms with E-state index in [1.807, 2.05) is 12.1 Å². The number of phenols is 1. The molecule has 0 spiro atoms. The lowest BCUT2D eigenvalue weighted by atomic mass is 10.2. The second-order valence-electron chi connectivity index (χ2n) is 4.46. The van der Waals surface area contributed by atoms with Gasteiger partial charge in [-0.2, -0.15) is 0 Å². The van der Waals surface area contributed by atoms with Crippen LogP contribution in [0.1, 0.15) is 5.56 Å². The Balaban J connectivity index is 1.93. The van der Waals surface area contributed by atoms with E-state index in [2.05, 4.69) is 4.98 Å². The van der Waals surface area contributed by atoms with Crippen LogP contribution in [-0.2, 0) is 4.79 Å². The number of fused-ring (bicyclic) bond motifs is 1. The van der Waals surface area contributed by atoms with Crippen molar-refractivity contribution in [3.8, 4) is 5.75 Å². The maximum atomic E-state index is 11.4. The Hall–Kier alpha value is -2.73. The number of para-hydroxylation sites is 2. The molecule has 0 fully saturated rings. The number of nitrogens with zero attached hydrogens (tertiary/aromatic N) is 1. The summed E-state index contributed by atoms with van der Waals surface area (Å²) >= 11 is 0.925. The Morgan fingerprint density at radius 3 is 2.73 bits per heavy atom. The predicted molar refractivity (Wildman–Crippen MR) is 83.6 cm³/mol. The summed E-state index contributed by atoms with van der Waals surface area (Å²) < 4.78 is 5.51. The Labute approximate surface area is 129 Å². The third kappa shape index (κ3) is 3.12. The van der Waals surface area contributed by atoms with Gasteiger partial charge in [-0.05, 0) is 47.7 Å². The molecule has 0 atom stereocenters. The number of aromatic nitrogens is 1. The monoisotopic (exact) mass is 313 g/mol. The zero-order chi connectivity index (χ0) is 15.5. The predicted octanol–water partition coefficient (Wildman–Crippen LogP) is 3.75. The number of hydrogen-bond donors (Lipinski definition) is 2. The molecule has 110 valence electrons. The number of carboxylic acid groups (broad SMARTS) is 1. The van der Waals surface area contributed by atoms with Gasteiger partial charge in [0.1, 0.15) is 16.2 Å². The number of aliphatic carboxylic acids is 1. The van der Waals surface area contributed by atoms with Crippen LogP contribution < -0.4 is 0 Å². The Morgan fingerprint density at radius 1 is 1.18 bits per heavy atom. The molecule has 0 saturated carbocycles. The standard InChI is InChI=1S/C16H11NO4S/c18-11-5-3-4-10(8-11)9-14(15(19)20)22-16-17-12-6-1-2-7-13(12)21-16/h1-9,18H,(H,19,20)/b14-9+. The van der Waals surface area contributed by atoms with E-state index in [4.69, 9.17) is 4.42 Å². The van der Waals surface area contributed by atoms with Crippen LogP contribution in [-0.4, -0.2) is 21.2 Å². The number of rotatable bonds is 4. The van der Waals surface area contributed by atoms with Crippen molar-refractivity contribution in [3.05, 3.63) is 59.0 Å². The van der Waals surface area contributed by atoms with E-state index < -0.39 is 5.97 Å². The van der Waals surface area contributed by atoms with Crippen LogP contribution in [0, 0.1) is 0 Å². The van der Waals surface area contributed by atoms with Gasteiger partial charge in [0.05, 0.1) is 0 Å². The van der Waals surface area contributed by atoms with E-state index >= 15 is 0 Å². The number of carbonyl (C=O) groups is 1. The first-order valence-electron chi connectivity index (χ1n) is 6.39. The van der Waals surface area contributed by atoms with E-state index in [9.17, 15) is 15.0 Å². The quantitative estimate of drug-likeness (QED) is 0.564. The minimum absolute atomic E-state index is 0.0529. The normalized spacial score (nSPS) is 11.7. The second-order valence-corrected chi connectivity index (χ2v) is 5.45. The van der Waals surface area contributed by atoms with Crippen molar-refractivity contribution in [1.82, 2.24) is 4.98 Å². The van der Waals surface area contributed by atoms with Crippen LogP contribution in [0.4, 0.5) is 0 Å². The van der Waals surface area contributed by atoms with Crippen LogP contribution >= 0.6 is 11.8 Å². The molecular formula is C16H11NO4S. The molecule has 22 heavy (non-hydrogen) atoms. The highest BCUT2D eigenvalue weighted by Crippen LogP contribution is 2.30. The first-order chi connectivity index (χ1) is 10.6. The molecule has 0 aliphatic heterocycles. The van der Waals surface area contributed by atoms with Gasteiger partial charge >= 0.3 is 5.97 Å². The van der Waals surface area contributed by atoms with Crippen molar-refractivity contribution < 1.29 is 19.4 Å². The largest absolute Gasteiger partial charge is 0.508 e. The number of benzene rings is 2. The first-order valence-corrected chi connectivity index (χ1v) is 7.21. The summed E-state index contributed by atoms with van der Waals surface area (Å²) in [7, 11) is 0. The summed E-state index contributed by atoms with van der Waals surface area (Å²) in [6, 6.07) is 13.6. The van der Waals surface area contributed by atoms with Crippen molar-refractivity contribution in [2.75, 3.05) is 0 Å².